The minimum Gasteiger partial charge on any atom is -0.316 e. The van der Waals surface area contributed by atoms with E-state index in [-0.39, 0.29) is 22.6 Å². The molecule has 2 rings (SSSR count). The predicted octanol–water partition coefficient (Wildman–Crippen LogP) is 3.68. The summed E-state index contributed by atoms with van der Waals surface area (Å²) >= 11 is 0. The van der Waals surface area contributed by atoms with Crippen molar-refractivity contribution in [2.75, 3.05) is 5.32 Å². The molecule has 2 aromatic carbocycles. The summed E-state index contributed by atoms with van der Waals surface area (Å²) in [5.41, 5.74) is 1.51. The Morgan fingerprint density at radius 1 is 0.917 bits per heavy atom. The quantitative estimate of drug-likeness (QED) is 0.678. The van der Waals surface area contributed by atoms with Gasteiger partial charge in [-0.1, -0.05) is 12.1 Å². The second-order valence-corrected chi connectivity index (χ2v) is 5.37. The number of carbonyl (C=O) groups excluding carboxylic acids is 1. The zero-order chi connectivity index (χ0) is 18.0. The van der Waals surface area contributed by atoms with E-state index in [2.05, 4.69) is 5.32 Å². The predicted molar refractivity (Wildman–Crippen MR) is 88.4 cm³/mol. The van der Waals surface area contributed by atoms with Gasteiger partial charge in [-0.2, -0.15) is 0 Å². The van der Waals surface area contributed by atoms with Crippen LogP contribution in [0.2, 0.25) is 0 Å². The Morgan fingerprint density at radius 3 is 2.08 bits per heavy atom. The molecule has 0 aliphatic heterocycles. The van der Waals surface area contributed by atoms with Crippen molar-refractivity contribution in [1.29, 1.82) is 0 Å². The topological polar surface area (TPSA) is 115 Å². The minimum absolute atomic E-state index is 0.0579. The van der Waals surface area contributed by atoms with Crippen LogP contribution in [0.25, 0.3) is 0 Å². The largest absolute Gasteiger partial charge is 0.316 e. The number of nitrogens with zero attached hydrogens (tertiary/aromatic N) is 2. The standard InChI is InChI=1S/C16H15N3O5/c1-9-5-7-13(18(21)22)15(11(9)3)17-16(20)12-6-4-10(2)14(8-12)19(23)24/h4-8H,1-3H3,(H,17,20). The Balaban J connectivity index is 2.44. The number of carbonyl (C=O) groups is 1. The summed E-state index contributed by atoms with van der Waals surface area (Å²) in [5.74, 6) is -0.644. The molecule has 2 aromatic rings. The Hall–Kier alpha value is -3.29. The van der Waals surface area contributed by atoms with Crippen molar-refractivity contribution in [3.8, 4) is 0 Å². The van der Waals surface area contributed by atoms with Gasteiger partial charge in [-0.05, 0) is 38.0 Å². The van der Waals surface area contributed by atoms with Crippen molar-refractivity contribution in [1.82, 2.24) is 0 Å². The minimum atomic E-state index is -0.644. The van der Waals surface area contributed by atoms with Gasteiger partial charge in [0.25, 0.3) is 17.3 Å². The second-order valence-electron chi connectivity index (χ2n) is 5.37. The maximum atomic E-state index is 12.4. The molecule has 0 aliphatic carbocycles. The molecule has 0 unspecified atom stereocenters. The third-order valence-corrected chi connectivity index (χ3v) is 3.82. The van der Waals surface area contributed by atoms with Gasteiger partial charge in [-0.3, -0.25) is 25.0 Å². The molecule has 0 heterocycles. The van der Waals surface area contributed by atoms with Gasteiger partial charge in [0.1, 0.15) is 5.69 Å². The van der Waals surface area contributed by atoms with Gasteiger partial charge < -0.3 is 5.32 Å². The van der Waals surface area contributed by atoms with Crippen LogP contribution in [0, 0.1) is 41.0 Å². The van der Waals surface area contributed by atoms with Crippen LogP contribution in [0.15, 0.2) is 30.3 Å². The van der Waals surface area contributed by atoms with Crippen LogP contribution in [0.4, 0.5) is 17.1 Å². The smallest absolute Gasteiger partial charge is 0.293 e. The highest BCUT2D eigenvalue weighted by molar-refractivity contribution is 6.06. The molecular formula is C16H15N3O5. The molecule has 0 atom stereocenters. The number of aryl methyl sites for hydroxylation is 2. The van der Waals surface area contributed by atoms with Gasteiger partial charge in [0.2, 0.25) is 0 Å². The van der Waals surface area contributed by atoms with Crippen LogP contribution < -0.4 is 5.32 Å². The number of hydrogen-bond donors (Lipinski definition) is 1. The number of amides is 1. The molecule has 124 valence electrons. The third-order valence-electron chi connectivity index (χ3n) is 3.82. The second kappa shape index (κ2) is 6.45. The van der Waals surface area contributed by atoms with E-state index >= 15 is 0 Å². The summed E-state index contributed by atoms with van der Waals surface area (Å²) in [6, 6.07) is 6.97. The highest BCUT2D eigenvalue weighted by Gasteiger charge is 2.21. The number of nitro benzene ring substituents is 2. The van der Waals surface area contributed by atoms with E-state index < -0.39 is 15.8 Å². The zero-order valence-corrected chi connectivity index (χ0v) is 13.3. The number of benzene rings is 2. The van der Waals surface area contributed by atoms with Crippen molar-refractivity contribution < 1.29 is 14.6 Å². The van der Waals surface area contributed by atoms with Crippen molar-refractivity contribution >= 4 is 23.0 Å². The SMILES string of the molecule is Cc1ccc(C(=O)Nc2c([N+](=O)[O-])ccc(C)c2C)cc1[N+](=O)[O-]. The lowest BCUT2D eigenvalue weighted by Crippen LogP contribution is -2.15. The fourth-order valence-electron chi connectivity index (χ4n) is 2.24. The molecule has 24 heavy (non-hydrogen) atoms. The van der Waals surface area contributed by atoms with Gasteiger partial charge in [-0.25, -0.2) is 0 Å². The highest BCUT2D eigenvalue weighted by atomic mass is 16.6. The molecule has 8 heteroatoms. The Bertz CT molecular complexity index is 861. The highest BCUT2D eigenvalue weighted by Crippen LogP contribution is 2.31. The Morgan fingerprint density at radius 2 is 1.50 bits per heavy atom. The van der Waals surface area contributed by atoms with Crippen LogP contribution in [0.3, 0.4) is 0 Å². The van der Waals surface area contributed by atoms with Gasteiger partial charge in [0.05, 0.1) is 9.85 Å². The van der Waals surface area contributed by atoms with Crippen molar-refractivity contribution in [2.24, 2.45) is 0 Å². The number of nitrogens with one attached hydrogen (secondary N) is 1. The van der Waals surface area contributed by atoms with E-state index in [4.69, 9.17) is 0 Å². The molecule has 1 amide bonds. The summed E-state index contributed by atoms with van der Waals surface area (Å²) in [7, 11) is 0. The number of anilines is 1. The molecule has 0 fully saturated rings. The van der Waals surface area contributed by atoms with Gasteiger partial charge in [-0.15, -0.1) is 0 Å². The first-order chi connectivity index (χ1) is 11.2. The fourth-order valence-corrected chi connectivity index (χ4v) is 2.24. The van der Waals surface area contributed by atoms with Crippen molar-refractivity contribution in [2.45, 2.75) is 20.8 Å². The molecule has 0 spiro atoms. The van der Waals surface area contributed by atoms with E-state index in [1.54, 1.807) is 26.8 Å². The first-order valence-corrected chi connectivity index (χ1v) is 7.03. The fraction of sp³-hybridized carbons (Fsp3) is 0.188. The summed E-state index contributed by atoms with van der Waals surface area (Å²) in [6.07, 6.45) is 0. The van der Waals surface area contributed by atoms with E-state index in [1.165, 1.54) is 18.2 Å². The molecule has 0 saturated carbocycles. The van der Waals surface area contributed by atoms with Gasteiger partial charge in [0, 0.05) is 23.3 Å². The number of nitro groups is 2. The summed E-state index contributed by atoms with van der Waals surface area (Å²) in [5, 5.41) is 24.6. The monoisotopic (exact) mass is 329 g/mol. The molecule has 1 N–H and O–H groups in total. The van der Waals surface area contributed by atoms with Gasteiger partial charge in [0.15, 0.2) is 0 Å². The molecule has 8 nitrogen and oxygen atoms in total. The first kappa shape index (κ1) is 17.1. The lowest BCUT2D eigenvalue weighted by Gasteiger charge is -2.11. The van der Waals surface area contributed by atoms with Crippen LogP contribution in [-0.4, -0.2) is 15.8 Å². The lowest BCUT2D eigenvalue weighted by molar-refractivity contribution is -0.385. The normalized spacial score (nSPS) is 10.3. The maximum Gasteiger partial charge on any atom is 0.293 e. The Labute approximate surface area is 137 Å². The molecule has 0 saturated heterocycles. The number of rotatable bonds is 4. The van der Waals surface area contributed by atoms with Crippen LogP contribution in [-0.2, 0) is 0 Å². The first-order valence-electron chi connectivity index (χ1n) is 7.03. The molecule has 0 aromatic heterocycles. The summed E-state index contributed by atoms with van der Waals surface area (Å²) in [6.45, 7) is 5.00. The van der Waals surface area contributed by atoms with E-state index in [1.807, 2.05) is 0 Å². The third kappa shape index (κ3) is 3.22. The van der Waals surface area contributed by atoms with Crippen molar-refractivity contribution in [3.05, 3.63) is 72.8 Å². The summed E-state index contributed by atoms with van der Waals surface area (Å²) < 4.78 is 0. The van der Waals surface area contributed by atoms with Crippen LogP contribution in [0.1, 0.15) is 27.0 Å². The van der Waals surface area contributed by atoms with E-state index in [9.17, 15) is 25.0 Å². The van der Waals surface area contributed by atoms with Crippen LogP contribution >= 0.6 is 0 Å². The Kier molecular flexibility index (Phi) is 4.59. The molecule has 0 radical (unpaired) electrons. The average molecular weight is 329 g/mol. The molecular weight excluding hydrogens is 314 g/mol. The van der Waals surface area contributed by atoms with Gasteiger partial charge >= 0.3 is 0 Å². The lowest BCUT2D eigenvalue weighted by atomic mass is 10.1. The summed E-state index contributed by atoms with van der Waals surface area (Å²) in [4.78, 5) is 33.4. The molecule has 0 bridgehead atoms. The van der Waals surface area contributed by atoms with Crippen LogP contribution in [0.5, 0.6) is 0 Å². The van der Waals surface area contributed by atoms with E-state index in [0.717, 1.165) is 11.6 Å². The maximum absolute atomic E-state index is 12.4. The zero-order valence-electron chi connectivity index (χ0n) is 13.3. The number of hydrogen-bond acceptors (Lipinski definition) is 5. The molecule has 0 aliphatic rings. The van der Waals surface area contributed by atoms with E-state index in [0.29, 0.717) is 11.1 Å². The van der Waals surface area contributed by atoms with Crippen molar-refractivity contribution in [3.63, 3.8) is 0 Å². The average Bonchev–Trinajstić information content (AvgIpc) is 2.51.